The van der Waals surface area contributed by atoms with Crippen LogP contribution in [0.5, 0.6) is 11.6 Å². The van der Waals surface area contributed by atoms with Crippen LogP contribution in [0.2, 0.25) is 0 Å². The van der Waals surface area contributed by atoms with Crippen molar-refractivity contribution in [3.63, 3.8) is 0 Å². The van der Waals surface area contributed by atoms with E-state index in [4.69, 9.17) is 9.47 Å². The highest BCUT2D eigenvalue weighted by atomic mass is 19.1. The standard InChI is InChI=1S/C19H23FN4O2/c1-12(18-17(20)9-14-5-8-25-19(14)23-18)24-6-3-15(4-7-24)26-16-10-21-13(2)22-11-16/h9-12,15H,3-8H2,1-2H3. The minimum Gasteiger partial charge on any atom is -0.487 e. The molecule has 1 unspecified atom stereocenters. The van der Waals surface area contributed by atoms with Gasteiger partial charge >= 0.3 is 0 Å². The zero-order chi connectivity index (χ0) is 18.1. The molecular formula is C19H23FN4O2. The van der Waals surface area contributed by atoms with Gasteiger partial charge in [-0.3, -0.25) is 4.90 Å². The number of aromatic nitrogens is 3. The predicted molar refractivity (Wildman–Crippen MR) is 93.8 cm³/mol. The summed E-state index contributed by atoms with van der Waals surface area (Å²) in [6.45, 7) is 6.10. The number of ether oxygens (including phenoxy) is 2. The van der Waals surface area contributed by atoms with Gasteiger partial charge in [0.1, 0.15) is 17.7 Å². The van der Waals surface area contributed by atoms with Gasteiger partial charge in [0.15, 0.2) is 5.75 Å². The SMILES string of the molecule is Cc1ncc(OC2CCN(C(C)c3nc4c(cc3F)CCO4)CC2)cn1. The number of fused-ring (bicyclic) bond motifs is 1. The van der Waals surface area contributed by atoms with Gasteiger partial charge in [-0.2, -0.15) is 0 Å². The molecule has 0 amide bonds. The van der Waals surface area contributed by atoms with Gasteiger partial charge in [0.2, 0.25) is 5.88 Å². The first-order valence-corrected chi connectivity index (χ1v) is 9.11. The zero-order valence-electron chi connectivity index (χ0n) is 15.1. The molecule has 0 aromatic carbocycles. The molecule has 1 fully saturated rings. The average Bonchev–Trinajstić information content (AvgIpc) is 3.10. The third-order valence-corrected chi connectivity index (χ3v) is 5.13. The summed E-state index contributed by atoms with van der Waals surface area (Å²) in [4.78, 5) is 15.0. The predicted octanol–water partition coefficient (Wildman–Crippen LogP) is 2.86. The van der Waals surface area contributed by atoms with Crippen LogP contribution in [0, 0.1) is 12.7 Å². The summed E-state index contributed by atoms with van der Waals surface area (Å²) in [5, 5.41) is 0. The minimum atomic E-state index is -0.239. The Morgan fingerprint density at radius 1 is 1.27 bits per heavy atom. The Labute approximate surface area is 152 Å². The monoisotopic (exact) mass is 358 g/mol. The van der Waals surface area contributed by atoms with Gasteiger partial charge < -0.3 is 9.47 Å². The maximum Gasteiger partial charge on any atom is 0.217 e. The summed E-state index contributed by atoms with van der Waals surface area (Å²) in [6, 6.07) is 1.49. The molecule has 2 aromatic rings. The lowest BCUT2D eigenvalue weighted by molar-refractivity contribution is 0.0769. The fraction of sp³-hybridized carbons (Fsp3) is 0.526. The van der Waals surface area contributed by atoms with Crippen molar-refractivity contribution < 1.29 is 13.9 Å². The first kappa shape index (κ1) is 17.1. The average molecular weight is 358 g/mol. The Morgan fingerprint density at radius 3 is 2.73 bits per heavy atom. The lowest BCUT2D eigenvalue weighted by Crippen LogP contribution is -2.40. The third-order valence-electron chi connectivity index (χ3n) is 5.13. The van der Waals surface area contributed by atoms with Crippen molar-refractivity contribution in [3.8, 4) is 11.6 Å². The van der Waals surface area contributed by atoms with Crippen LogP contribution in [0.4, 0.5) is 4.39 Å². The van der Waals surface area contributed by atoms with E-state index in [0.29, 0.717) is 23.9 Å². The molecule has 0 aliphatic carbocycles. The third kappa shape index (κ3) is 3.49. The number of hydrogen-bond acceptors (Lipinski definition) is 6. The summed E-state index contributed by atoms with van der Waals surface area (Å²) in [5.74, 6) is 1.78. The zero-order valence-corrected chi connectivity index (χ0v) is 15.1. The number of likely N-dealkylation sites (tertiary alicyclic amines) is 1. The molecule has 2 aliphatic rings. The molecule has 1 saturated heterocycles. The topological polar surface area (TPSA) is 60.4 Å². The first-order chi connectivity index (χ1) is 12.6. The van der Waals surface area contributed by atoms with E-state index >= 15 is 0 Å². The van der Waals surface area contributed by atoms with Gasteiger partial charge in [-0.25, -0.2) is 19.3 Å². The molecule has 2 aliphatic heterocycles. The molecule has 26 heavy (non-hydrogen) atoms. The first-order valence-electron chi connectivity index (χ1n) is 9.11. The van der Waals surface area contributed by atoms with Gasteiger partial charge in [0.05, 0.1) is 30.7 Å². The summed E-state index contributed by atoms with van der Waals surface area (Å²) in [6.07, 6.45) is 6.04. The normalized spacial score (nSPS) is 19.0. The fourth-order valence-electron chi connectivity index (χ4n) is 3.57. The van der Waals surface area contributed by atoms with Crippen LogP contribution in [0.25, 0.3) is 0 Å². The Bertz CT molecular complexity index is 776. The summed E-state index contributed by atoms with van der Waals surface area (Å²) in [5.41, 5.74) is 1.34. The number of hydrogen-bond donors (Lipinski definition) is 0. The lowest BCUT2D eigenvalue weighted by atomic mass is 10.0. The van der Waals surface area contributed by atoms with Gasteiger partial charge in [0, 0.05) is 25.1 Å². The molecular weight excluding hydrogens is 335 g/mol. The van der Waals surface area contributed by atoms with Crippen molar-refractivity contribution in [2.24, 2.45) is 0 Å². The Kier molecular flexibility index (Phi) is 4.72. The smallest absolute Gasteiger partial charge is 0.217 e. The van der Waals surface area contributed by atoms with Crippen LogP contribution in [0.3, 0.4) is 0 Å². The summed E-state index contributed by atoms with van der Waals surface area (Å²) < 4.78 is 25.9. The molecule has 6 nitrogen and oxygen atoms in total. The van der Waals surface area contributed by atoms with Crippen LogP contribution in [-0.2, 0) is 6.42 Å². The van der Waals surface area contributed by atoms with E-state index in [2.05, 4.69) is 19.9 Å². The maximum absolute atomic E-state index is 14.5. The summed E-state index contributed by atoms with van der Waals surface area (Å²) in [7, 11) is 0. The number of halogens is 1. The molecule has 7 heteroatoms. The fourth-order valence-corrected chi connectivity index (χ4v) is 3.57. The molecule has 138 valence electrons. The van der Waals surface area contributed by atoms with Crippen LogP contribution in [0.1, 0.15) is 42.9 Å². The highest BCUT2D eigenvalue weighted by Crippen LogP contribution is 2.31. The van der Waals surface area contributed by atoms with Gasteiger partial charge in [-0.05, 0) is 32.8 Å². The number of nitrogens with zero attached hydrogens (tertiary/aromatic N) is 4. The molecule has 4 rings (SSSR count). The molecule has 1 atom stereocenters. The Hall–Kier alpha value is -2.28. The van der Waals surface area contributed by atoms with E-state index in [1.807, 2.05) is 13.8 Å². The van der Waals surface area contributed by atoms with E-state index < -0.39 is 0 Å². The van der Waals surface area contributed by atoms with Crippen LogP contribution >= 0.6 is 0 Å². The number of piperidine rings is 1. The molecule has 0 N–H and O–H groups in total. The van der Waals surface area contributed by atoms with E-state index in [9.17, 15) is 4.39 Å². The number of aryl methyl sites for hydroxylation is 1. The van der Waals surface area contributed by atoms with E-state index in [1.165, 1.54) is 0 Å². The van der Waals surface area contributed by atoms with Gasteiger partial charge in [-0.15, -0.1) is 0 Å². The van der Waals surface area contributed by atoms with Crippen molar-refractivity contribution in [2.75, 3.05) is 19.7 Å². The van der Waals surface area contributed by atoms with E-state index in [-0.39, 0.29) is 18.0 Å². The molecule has 4 heterocycles. The van der Waals surface area contributed by atoms with E-state index in [0.717, 1.165) is 43.7 Å². The van der Waals surface area contributed by atoms with Crippen LogP contribution < -0.4 is 9.47 Å². The maximum atomic E-state index is 14.5. The second-order valence-electron chi connectivity index (χ2n) is 6.91. The largest absolute Gasteiger partial charge is 0.487 e. The molecule has 0 saturated carbocycles. The van der Waals surface area contributed by atoms with Gasteiger partial charge in [0.25, 0.3) is 0 Å². The molecule has 0 spiro atoms. The Balaban J connectivity index is 1.38. The minimum absolute atomic E-state index is 0.0897. The quantitative estimate of drug-likeness (QED) is 0.838. The van der Waals surface area contributed by atoms with Crippen molar-refractivity contribution >= 4 is 0 Å². The number of pyridine rings is 1. The lowest BCUT2D eigenvalue weighted by Gasteiger charge is -2.35. The van der Waals surface area contributed by atoms with Crippen molar-refractivity contribution in [1.29, 1.82) is 0 Å². The Morgan fingerprint density at radius 2 is 2.00 bits per heavy atom. The van der Waals surface area contributed by atoms with E-state index in [1.54, 1.807) is 18.5 Å². The van der Waals surface area contributed by atoms with Gasteiger partial charge in [-0.1, -0.05) is 0 Å². The summed E-state index contributed by atoms with van der Waals surface area (Å²) >= 11 is 0. The van der Waals surface area contributed by atoms with Crippen molar-refractivity contribution in [2.45, 2.75) is 45.3 Å². The van der Waals surface area contributed by atoms with Crippen molar-refractivity contribution in [3.05, 3.63) is 41.4 Å². The van der Waals surface area contributed by atoms with Crippen LogP contribution in [0.15, 0.2) is 18.5 Å². The molecule has 2 aromatic heterocycles. The highest BCUT2D eigenvalue weighted by Gasteiger charge is 2.28. The molecule has 0 bridgehead atoms. The highest BCUT2D eigenvalue weighted by molar-refractivity contribution is 5.33. The van der Waals surface area contributed by atoms with Crippen LogP contribution in [-0.4, -0.2) is 45.7 Å². The second-order valence-corrected chi connectivity index (χ2v) is 6.91. The number of rotatable bonds is 4. The second kappa shape index (κ2) is 7.15. The molecule has 0 radical (unpaired) electrons. The van der Waals surface area contributed by atoms with Crippen molar-refractivity contribution in [1.82, 2.24) is 19.9 Å².